The minimum atomic E-state index is -0.699. The number of ether oxygens (including phenoxy) is 3. The molecule has 0 fully saturated rings. The van der Waals surface area contributed by atoms with E-state index in [1.165, 1.54) is 21.1 Å². The van der Waals surface area contributed by atoms with Gasteiger partial charge in [-0.25, -0.2) is 0 Å². The van der Waals surface area contributed by atoms with Crippen LogP contribution in [-0.4, -0.2) is 37.7 Å². The van der Waals surface area contributed by atoms with E-state index in [-0.39, 0.29) is 11.5 Å². The normalized spacial score (nSPS) is 21.6. The fraction of sp³-hybridized carbons (Fsp3) is 0.429. The topological polar surface area (TPSA) is 91.3 Å². The van der Waals surface area contributed by atoms with Crippen LogP contribution in [0, 0.1) is 5.92 Å². The van der Waals surface area contributed by atoms with Crippen molar-refractivity contribution in [2.24, 2.45) is 10.9 Å². The van der Waals surface area contributed by atoms with Gasteiger partial charge < -0.3 is 14.2 Å². The van der Waals surface area contributed by atoms with E-state index in [1.54, 1.807) is 25.1 Å². The van der Waals surface area contributed by atoms with Crippen LogP contribution in [0.1, 0.15) is 44.6 Å². The molecule has 1 unspecified atom stereocenters. The molecule has 1 aliphatic carbocycles. The smallest absolute Gasteiger partial charge is 0.315 e. The number of aliphatic imine (C=N–C) groups is 1. The van der Waals surface area contributed by atoms with Crippen molar-refractivity contribution in [2.75, 3.05) is 14.2 Å². The van der Waals surface area contributed by atoms with Gasteiger partial charge >= 0.3 is 11.9 Å². The lowest BCUT2D eigenvalue weighted by molar-refractivity contribution is -0.143. The van der Waals surface area contributed by atoms with Gasteiger partial charge in [0.05, 0.1) is 14.2 Å². The van der Waals surface area contributed by atoms with Gasteiger partial charge in [-0.2, -0.15) is 0 Å². The van der Waals surface area contributed by atoms with Gasteiger partial charge in [-0.05, 0) is 37.5 Å². The molecule has 1 aromatic rings. The van der Waals surface area contributed by atoms with Gasteiger partial charge in [0.2, 0.25) is 0 Å². The van der Waals surface area contributed by atoms with Crippen LogP contribution in [-0.2, 0) is 19.1 Å². The number of rotatable bonds is 4. The Kier molecular flexibility index (Phi) is 5.63. The molecule has 0 N–H and O–H groups in total. The van der Waals surface area contributed by atoms with E-state index >= 15 is 0 Å². The van der Waals surface area contributed by atoms with E-state index in [2.05, 4.69) is 4.99 Å². The van der Waals surface area contributed by atoms with Gasteiger partial charge in [0, 0.05) is 36.2 Å². The van der Waals surface area contributed by atoms with Crippen LogP contribution in [0.3, 0.4) is 0 Å². The van der Waals surface area contributed by atoms with Crippen molar-refractivity contribution >= 4 is 23.4 Å². The molecule has 0 radical (unpaired) electrons. The summed E-state index contributed by atoms with van der Waals surface area (Å²) in [6.07, 6.45) is 1.88. The summed E-state index contributed by atoms with van der Waals surface area (Å²) >= 11 is 0. The number of methoxy groups -OCH3 is 2. The standard InChI is InChI=1S/C21H23NO6/c1-11-18(21(25)27-4)19(20-14(22-11)6-5-7-15(20)24)13-8-9-16(28-12(2)23)17(10-13)26-3/h8-10,18-19H,5-7H2,1-4H3/t18?,19-/m1/s1. The Morgan fingerprint density at radius 2 is 1.89 bits per heavy atom. The first kappa shape index (κ1) is 19.8. The molecule has 0 saturated carbocycles. The summed E-state index contributed by atoms with van der Waals surface area (Å²) in [7, 11) is 2.79. The molecule has 1 aromatic carbocycles. The number of hydrogen-bond acceptors (Lipinski definition) is 7. The Balaban J connectivity index is 2.15. The SMILES string of the molecule is COC(=O)C1C(C)=NC2=C(C(=O)CCC2)[C@@H]1c1ccc(OC(C)=O)c(OC)c1. The molecule has 2 atom stereocenters. The summed E-state index contributed by atoms with van der Waals surface area (Å²) in [5.74, 6) is -1.51. The number of carbonyl (C=O) groups excluding carboxylic acids is 3. The Morgan fingerprint density at radius 1 is 1.14 bits per heavy atom. The monoisotopic (exact) mass is 385 g/mol. The number of ketones is 1. The molecule has 0 amide bonds. The van der Waals surface area contributed by atoms with E-state index in [4.69, 9.17) is 14.2 Å². The molecule has 7 nitrogen and oxygen atoms in total. The predicted molar refractivity (Wildman–Crippen MR) is 102 cm³/mol. The zero-order valence-electron chi connectivity index (χ0n) is 16.4. The molecule has 2 aliphatic rings. The fourth-order valence-electron chi connectivity index (χ4n) is 3.92. The predicted octanol–water partition coefficient (Wildman–Crippen LogP) is 2.97. The van der Waals surface area contributed by atoms with E-state index in [0.29, 0.717) is 35.4 Å². The summed E-state index contributed by atoms with van der Waals surface area (Å²) in [4.78, 5) is 41.2. The van der Waals surface area contributed by atoms with Crippen LogP contribution >= 0.6 is 0 Å². The van der Waals surface area contributed by atoms with Crippen molar-refractivity contribution in [3.05, 3.63) is 35.0 Å². The molecule has 1 aliphatic heterocycles. The zero-order chi connectivity index (χ0) is 20.4. The third-order valence-electron chi connectivity index (χ3n) is 5.09. The molecule has 148 valence electrons. The van der Waals surface area contributed by atoms with Crippen LogP contribution in [0.2, 0.25) is 0 Å². The van der Waals surface area contributed by atoms with Gasteiger partial charge in [-0.3, -0.25) is 19.4 Å². The summed E-state index contributed by atoms with van der Waals surface area (Å²) in [5.41, 5.74) is 2.63. The quantitative estimate of drug-likeness (QED) is 0.585. The van der Waals surface area contributed by atoms with Crippen molar-refractivity contribution in [1.29, 1.82) is 0 Å². The zero-order valence-corrected chi connectivity index (χ0v) is 16.4. The van der Waals surface area contributed by atoms with Gasteiger partial charge in [0.15, 0.2) is 17.3 Å². The Hall–Kier alpha value is -2.96. The molecule has 1 heterocycles. The number of Topliss-reactive ketones (excluding diaryl/α,β-unsaturated/α-hetero) is 1. The second-order valence-corrected chi connectivity index (χ2v) is 6.87. The Bertz CT molecular complexity index is 898. The molecule has 28 heavy (non-hydrogen) atoms. The maximum atomic E-state index is 12.8. The Labute approximate surface area is 163 Å². The van der Waals surface area contributed by atoms with E-state index < -0.39 is 23.8 Å². The van der Waals surface area contributed by atoms with Crippen LogP contribution in [0.4, 0.5) is 0 Å². The van der Waals surface area contributed by atoms with Crippen molar-refractivity contribution in [1.82, 2.24) is 0 Å². The Morgan fingerprint density at radius 3 is 2.54 bits per heavy atom. The average Bonchev–Trinajstić information content (AvgIpc) is 2.66. The first-order chi connectivity index (χ1) is 13.4. The summed E-state index contributed by atoms with van der Waals surface area (Å²) in [6, 6.07) is 5.05. The van der Waals surface area contributed by atoms with Gasteiger partial charge in [0.1, 0.15) is 5.92 Å². The molecular weight excluding hydrogens is 362 g/mol. The van der Waals surface area contributed by atoms with Crippen molar-refractivity contribution in [2.45, 2.75) is 39.0 Å². The first-order valence-electron chi connectivity index (χ1n) is 9.13. The third kappa shape index (κ3) is 3.56. The van der Waals surface area contributed by atoms with Crippen molar-refractivity contribution in [3.8, 4) is 11.5 Å². The molecule has 0 saturated heterocycles. The highest BCUT2D eigenvalue weighted by atomic mass is 16.6. The second-order valence-electron chi connectivity index (χ2n) is 6.87. The fourth-order valence-corrected chi connectivity index (χ4v) is 3.92. The minimum Gasteiger partial charge on any atom is -0.493 e. The van der Waals surface area contributed by atoms with E-state index in [9.17, 15) is 14.4 Å². The van der Waals surface area contributed by atoms with Gasteiger partial charge in [-0.15, -0.1) is 0 Å². The molecular formula is C21H23NO6. The largest absolute Gasteiger partial charge is 0.493 e. The molecule has 0 spiro atoms. The molecule has 7 heteroatoms. The summed E-state index contributed by atoms with van der Waals surface area (Å²) in [5, 5.41) is 0. The number of allylic oxidation sites excluding steroid dienone is 2. The lowest BCUT2D eigenvalue weighted by Crippen LogP contribution is -2.36. The lowest BCUT2D eigenvalue weighted by atomic mass is 9.71. The highest BCUT2D eigenvalue weighted by Gasteiger charge is 2.43. The summed E-state index contributed by atoms with van der Waals surface area (Å²) < 4.78 is 15.5. The van der Waals surface area contributed by atoms with Crippen LogP contribution in [0.25, 0.3) is 0 Å². The number of benzene rings is 1. The van der Waals surface area contributed by atoms with E-state index in [1.807, 2.05) is 0 Å². The van der Waals surface area contributed by atoms with Crippen LogP contribution in [0.5, 0.6) is 11.5 Å². The van der Waals surface area contributed by atoms with Gasteiger partial charge in [-0.1, -0.05) is 6.07 Å². The van der Waals surface area contributed by atoms with Crippen LogP contribution < -0.4 is 9.47 Å². The van der Waals surface area contributed by atoms with Crippen molar-refractivity contribution in [3.63, 3.8) is 0 Å². The van der Waals surface area contributed by atoms with E-state index in [0.717, 1.165) is 12.1 Å². The second kappa shape index (κ2) is 7.96. The molecule has 0 bridgehead atoms. The highest BCUT2D eigenvalue weighted by Crippen LogP contribution is 2.45. The van der Waals surface area contributed by atoms with Crippen molar-refractivity contribution < 1.29 is 28.6 Å². The number of hydrogen-bond donors (Lipinski definition) is 0. The molecule has 0 aromatic heterocycles. The average molecular weight is 385 g/mol. The van der Waals surface area contributed by atoms with Crippen LogP contribution in [0.15, 0.2) is 34.5 Å². The first-order valence-corrected chi connectivity index (χ1v) is 9.13. The number of esters is 2. The maximum Gasteiger partial charge on any atom is 0.315 e. The highest BCUT2D eigenvalue weighted by molar-refractivity contribution is 6.08. The number of carbonyl (C=O) groups is 3. The third-order valence-corrected chi connectivity index (χ3v) is 5.09. The number of nitrogens with zero attached hydrogens (tertiary/aromatic N) is 1. The summed E-state index contributed by atoms with van der Waals surface area (Å²) in [6.45, 7) is 3.08. The molecule has 3 rings (SSSR count). The maximum absolute atomic E-state index is 12.8. The van der Waals surface area contributed by atoms with Gasteiger partial charge in [0.25, 0.3) is 0 Å². The minimum absolute atomic E-state index is 0.000526. The lowest BCUT2D eigenvalue weighted by Gasteiger charge is -2.34.